The lowest BCUT2D eigenvalue weighted by Gasteiger charge is -2.18. The molecule has 2 heterocycles. The molecule has 4 amide bonds. The van der Waals surface area contributed by atoms with Crippen LogP contribution in [0.3, 0.4) is 0 Å². The fraction of sp³-hybridized carbons (Fsp3) is 0.750. The minimum absolute atomic E-state index is 0.0239. The van der Waals surface area contributed by atoms with Crippen molar-refractivity contribution in [1.29, 1.82) is 0 Å². The van der Waals surface area contributed by atoms with Gasteiger partial charge < -0.3 is 20.4 Å². The van der Waals surface area contributed by atoms with E-state index < -0.39 is 0 Å². The standard InChI is InChI=1S/C24H40N4O4/c1-17(2)23(31)27-13-9-19(15-27)21(29)25-11-7-5-6-8-12-26-22(30)20-10-14-28(16-20)24(32)18(3)4/h18-20H,1,5-16H2,2-4H3,(H,25,29)(H,26,30). The van der Waals surface area contributed by atoms with E-state index in [2.05, 4.69) is 17.2 Å². The van der Waals surface area contributed by atoms with Crippen molar-refractivity contribution in [1.82, 2.24) is 20.4 Å². The van der Waals surface area contributed by atoms with Gasteiger partial charge in [0.1, 0.15) is 0 Å². The summed E-state index contributed by atoms with van der Waals surface area (Å²) in [5.74, 6) is -0.122. The molecule has 0 saturated carbocycles. The molecule has 2 unspecified atom stereocenters. The summed E-state index contributed by atoms with van der Waals surface area (Å²) in [5.41, 5.74) is 0.508. The zero-order valence-corrected chi connectivity index (χ0v) is 20.0. The molecule has 0 aromatic heterocycles. The van der Waals surface area contributed by atoms with Gasteiger partial charge in [0.05, 0.1) is 11.8 Å². The van der Waals surface area contributed by atoms with E-state index in [9.17, 15) is 19.2 Å². The van der Waals surface area contributed by atoms with Crippen LogP contribution in [0.4, 0.5) is 0 Å². The van der Waals surface area contributed by atoms with Crippen LogP contribution < -0.4 is 10.6 Å². The molecular formula is C24H40N4O4. The second-order valence-electron chi connectivity index (χ2n) is 9.44. The molecule has 2 aliphatic heterocycles. The van der Waals surface area contributed by atoms with E-state index in [1.165, 1.54) is 0 Å². The predicted molar refractivity (Wildman–Crippen MR) is 124 cm³/mol. The maximum absolute atomic E-state index is 12.3. The van der Waals surface area contributed by atoms with Crippen LogP contribution in [0.15, 0.2) is 12.2 Å². The first-order chi connectivity index (χ1) is 15.2. The molecule has 2 rings (SSSR count). The number of likely N-dealkylation sites (tertiary alicyclic amines) is 2. The Kier molecular flexibility index (Phi) is 10.2. The lowest BCUT2D eigenvalue weighted by atomic mass is 10.1. The Morgan fingerprint density at radius 3 is 1.78 bits per heavy atom. The maximum atomic E-state index is 12.3. The van der Waals surface area contributed by atoms with Crippen molar-refractivity contribution in [2.75, 3.05) is 39.3 Å². The van der Waals surface area contributed by atoms with Gasteiger partial charge in [0, 0.05) is 50.8 Å². The highest BCUT2D eigenvalue weighted by atomic mass is 16.2. The van der Waals surface area contributed by atoms with Gasteiger partial charge >= 0.3 is 0 Å². The summed E-state index contributed by atoms with van der Waals surface area (Å²) in [6, 6.07) is 0. The van der Waals surface area contributed by atoms with Crippen LogP contribution in [-0.4, -0.2) is 72.7 Å². The fourth-order valence-corrected chi connectivity index (χ4v) is 4.28. The van der Waals surface area contributed by atoms with E-state index in [4.69, 9.17) is 0 Å². The van der Waals surface area contributed by atoms with E-state index in [-0.39, 0.29) is 41.4 Å². The third-order valence-corrected chi connectivity index (χ3v) is 6.28. The summed E-state index contributed by atoms with van der Waals surface area (Å²) >= 11 is 0. The maximum Gasteiger partial charge on any atom is 0.248 e. The van der Waals surface area contributed by atoms with E-state index in [1.54, 1.807) is 16.7 Å². The molecule has 2 aliphatic rings. The Bertz CT molecular complexity index is 706. The van der Waals surface area contributed by atoms with Gasteiger partial charge in [0.25, 0.3) is 0 Å². The van der Waals surface area contributed by atoms with Crippen molar-refractivity contribution < 1.29 is 19.2 Å². The summed E-state index contributed by atoms with van der Waals surface area (Å²) in [6.45, 7) is 12.7. The molecule has 0 radical (unpaired) electrons. The fourth-order valence-electron chi connectivity index (χ4n) is 4.28. The zero-order valence-electron chi connectivity index (χ0n) is 20.0. The molecule has 0 bridgehead atoms. The van der Waals surface area contributed by atoms with E-state index in [0.29, 0.717) is 51.3 Å². The SMILES string of the molecule is C=C(C)C(=O)N1CCC(C(=O)NCCCCCCNC(=O)C2CCN(C(=O)C(C)C)C2)C1. The molecule has 0 spiro atoms. The van der Waals surface area contributed by atoms with Crippen LogP contribution in [0.2, 0.25) is 0 Å². The van der Waals surface area contributed by atoms with Crippen LogP contribution in [0, 0.1) is 17.8 Å². The quantitative estimate of drug-likeness (QED) is 0.371. The topological polar surface area (TPSA) is 98.8 Å². The molecule has 8 heteroatoms. The highest BCUT2D eigenvalue weighted by molar-refractivity contribution is 5.93. The third kappa shape index (κ3) is 7.64. The van der Waals surface area contributed by atoms with E-state index in [1.807, 2.05) is 13.8 Å². The average molecular weight is 449 g/mol. The highest BCUT2D eigenvalue weighted by Crippen LogP contribution is 2.19. The van der Waals surface area contributed by atoms with E-state index >= 15 is 0 Å². The Balaban J connectivity index is 1.48. The monoisotopic (exact) mass is 448 g/mol. The zero-order chi connectivity index (χ0) is 23.7. The lowest BCUT2D eigenvalue weighted by Crippen LogP contribution is -2.36. The summed E-state index contributed by atoms with van der Waals surface area (Å²) < 4.78 is 0. The Morgan fingerprint density at radius 2 is 1.31 bits per heavy atom. The van der Waals surface area contributed by atoms with Crippen LogP contribution in [0.25, 0.3) is 0 Å². The summed E-state index contributed by atoms with van der Waals surface area (Å²) in [5, 5.41) is 5.97. The number of rotatable bonds is 11. The van der Waals surface area contributed by atoms with Gasteiger partial charge in [-0.25, -0.2) is 0 Å². The number of unbranched alkanes of at least 4 members (excludes halogenated alkanes) is 3. The van der Waals surface area contributed by atoms with Gasteiger partial charge in [-0.1, -0.05) is 33.3 Å². The average Bonchev–Trinajstić information content (AvgIpc) is 3.44. The number of nitrogens with zero attached hydrogens (tertiary/aromatic N) is 2. The third-order valence-electron chi connectivity index (χ3n) is 6.28. The van der Waals surface area contributed by atoms with Crippen LogP contribution in [-0.2, 0) is 19.2 Å². The molecule has 2 atom stereocenters. The van der Waals surface area contributed by atoms with Crippen molar-refractivity contribution in [2.45, 2.75) is 59.3 Å². The van der Waals surface area contributed by atoms with E-state index in [0.717, 1.165) is 32.1 Å². The Labute approximate surface area is 192 Å². The number of hydrogen-bond acceptors (Lipinski definition) is 4. The Morgan fingerprint density at radius 1 is 0.844 bits per heavy atom. The first-order valence-electron chi connectivity index (χ1n) is 12.0. The van der Waals surface area contributed by atoms with Crippen molar-refractivity contribution in [3.63, 3.8) is 0 Å². The molecule has 2 fully saturated rings. The van der Waals surface area contributed by atoms with Gasteiger partial charge in [-0.05, 0) is 32.6 Å². The molecular weight excluding hydrogens is 408 g/mol. The number of carbonyl (C=O) groups is 4. The van der Waals surface area contributed by atoms with Crippen molar-refractivity contribution >= 4 is 23.6 Å². The molecule has 2 N–H and O–H groups in total. The highest BCUT2D eigenvalue weighted by Gasteiger charge is 2.32. The largest absolute Gasteiger partial charge is 0.356 e. The summed E-state index contributed by atoms with van der Waals surface area (Å²) in [6.07, 6.45) is 5.22. The Hall–Kier alpha value is -2.38. The number of amides is 4. The van der Waals surface area contributed by atoms with Gasteiger partial charge in [-0.2, -0.15) is 0 Å². The normalized spacial score (nSPS) is 20.5. The van der Waals surface area contributed by atoms with Crippen LogP contribution in [0.1, 0.15) is 59.3 Å². The molecule has 32 heavy (non-hydrogen) atoms. The molecule has 0 aromatic rings. The molecule has 0 aromatic carbocycles. The van der Waals surface area contributed by atoms with Gasteiger partial charge in [0.2, 0.25) is 23.6 Å². The molecule has 2 saturated heterocycles. The molecule has 0 aliphatic carbocycles. The second kappa shape index (κ2) is 12.6. The number of nitrogens with one attached hydrogen (secondary N) is 2. The molecule has 180 valence electrons. The minimum Gasteiger partial charge on any atom is -0.356 e. The van der Waals surface area contributed by atoms with Crippen molar-refractivity contribution in [3.05, 3.63) is 12.2 Å². The summed E-state index contributed by atoms with van der Waals surface area (Å²) in [4.78, 5) is 52.0. The van der Waals surface area contributed by atoms with Crippen LogP contribution in [0.5, 0.6) is 0 Å². The number of carbonyl (C=O) groups excluding carboxylic acids is 4. The lowest BCUT2D eigenvalue weighted by molar-refractivity contribution is -0.134. The van der Waals surface area contributed by atoms with Gasteiger partial charge in [-0.3, -0.25) is 19.2 Å². The number of hydrogen-bond donors (Lipinski definition) is 2. The summed E-state index contributed by atoms with van der Waals surface area (Å²) in [7, 11) is 0. The minimum atomic E-state index is -0.129. The van der Waals surface area contributed by atoms with Crippen LogP contribution >= 0.6 is 0 Å². The first-order valence-corrected chi connectivity index (χ1v) is 12.0. The molecule has 8 nitrogen and oxygen atoms in total. The predicted octanol–water partition coefficient (Wildman–Crippen LogP) is 1.71. The van der Waals surface area contributed by atoms with Crippen molar-refractivity contribution in [3.8, 4) is 0 Å². The first kappa shape index (κ1) is 25.9. The van der Waals surface area contributed by atoms with Gasteiger partial charge in [0.15, 0.2) is 0 Å². The smallest absolute Gasteiger partial charge is 0.248 e. The van der Waals surface area contributed by atoms with Crippen molar-refractivity contribution in [2.24, 2.45) is 17.8 Å². The second-order valence-corrected chi connectivity index (χ2v) is 9.44. The van der Waals surface area contributed by atoms with Gasteiger partial charge in [-0.15, -0.1) is 0 Å².